The van der Waals surface area contributed by atoms with Crippen LogP contribution in [0.2, 0.25) is 0 Å². The van der Waals surface area contributed by atoms with Crippen molar-refractivity contribution in [3.8, 4) is 0 Å². The zero-order valence-corrected chi connectivity index (χ0v) is 7.19. The molecule has 0 unspecified atom stereocenters. The largest absolute Gasteiger partial charge is 0.462 e. The van der Waals surface area contributed by atoms with Crippen LogP contribution in [0.15, 0.2) is 0 Å². The Kier molecular flexibility index (Phi) is 1.83. The van der Waals surface area contributed by atoms with E-state index in [0.29, 0.717) is 5.92 Å². The standard InChI is InChI=1S/C9H14O3/c1-5(10)12-8-4-6-2-3-7(8)9(6)11/h6-9,11H,2-4H2,1H3/t6-,7+,8-,9+/m1/s1. The fourth-order valence-electron chi connectivity index (χ4n) is 2.58. The highest BCUT2D eigenvalue weighted by molar-refractivity contribution is 5.66. The highest BCUT2D eigenvalue weighted by atomic mass is 16.5. The van der Waals surface area contributed by atoms with Crippen LogP contribution in [-0.4, -0.2) is 23.3 Å². The van der Waals surface area contributed by atoms with Gasteiger partial charge in [-0.25, -0.2) is 0 Å². The number of fused-ring (bicyclic) bond motifs is 2. The topological polar surface area (TPSA) is 46.5 Å². The van der Waals surface area contributed by atoms with Crippen molar-refractivity contribution in [3.05, 3.63) is 0 Å². The fraction of sp³-hybridized carbons (Fsp3) is 0.889. The van der Waals surface area contributed by atoms with E-state index in [9.17, 15) is 9.90 Å². The van der Waals surface area contributed by atoms with E-state index < -0.39 is 0 Å². The van der Waals surface area contributed by atoms with Gasteiger partial charge in [-0.05, 0) is 25.2 Å². The molecule has 2 aliphatic carbocycles. The van der Waals surface area contributed by atoms with Crippen molar-refractivity contribution in [3.63, 3.8) is 0 Å². The van der Waals surface area contributed by atoms with Crippen LogP contribution in [0.25, 0.3) is 0 Å². The van der Waals surface area contributed by atoms with Gasteiger partial charge in [-0.3, -0.25) is 4.79 Å². The molecule has 0 aliphatic heterocycles. The number of aliphatic hydroxyl groups excluding tert-OH is 1. The van der Waals surface area contributed by atoms with E-state index in [0.717, 1.165) is 19.3 Å². The summed E-state index contributed by atoms with van der Waals surface area (Å²) in [6.45, 7) is 1.43. The second-order valence-corrected chi connectivity index (χ2v) is 3.88. The Hall–Kier alpha value is -0.570. The normalized spacial score (nSPS) is 44.8. The van der Waals surface area contributed by atoms with Gasteiger partial charge in [0.1, 0.15) is 6.10 Å². The molecule has 2 aliphatic rings. The highest BCUT2D eigenvalue weighted by Crippen LogP contribution is 2.46. The Labute approximate surface area is 71.7 Å². The Balaban J connectivity index is 1.99. The van der Waals surface area contributed by atoms with Crippen LogP contribution in [0.5, 0.6) is 0 Å². The smallest absolute Gasteiger partial charge is 0.302 e. The minimum absolute atomic E-state index is 0.00347. The summed E-state index contributed by atoms with van der Waals surface area (Å²) in [4.78, 5) is 10.7. The summed E-state index contributed by atoms with van der Waals surface area (Å²) in [5.41, 5.74) is 0. The van der Waals surface area contributed by atoms with Gasteiger partial charge in [0.05, 0.1) is 6.10 Å². The lowest BCUT2D eigenvalue weighted by molar-refractivity contribution is -0.149. The molecule has 3 heteroatoms. The third-order valence-corrected chi connectivity index (χ3v) is 3.12. The van der Waals surface area contributed by atoms with Crippen molar-refractivity contribution in [2.24, 2.45) is 11.8 Å². The molecule has 2 fully saturated rings. The summed E-state index contributed by atoms with van der Waals surface area (Å²) in [5.74, 6) is 0.387. The first-order valence-electron chi connectivity index (χ1n) is 4.54. The zero-order chi connectivity index (χ0) is 8.72. The molecule has 2 rings (SSSR count). The molecule has 0 heterocycles. The average molecular weight is 170 g/mol. The molecule has 68 valence electrons. The van der Waals surface area contributed by atoms with Crippen LogP contribution in [0.4, 0.5) is 0 Å². The van der Waals surface area contributed by atoms with Gasteiger partial charge < -0.3 is 9.84 Å². The third-order valence-electron chi connectivity index (χ3n) is 3.12. The molecular formula is C9H14O3. The third kappa shape index (κ3) is 1.12. The number of carbonyl (C=O) groups is 1. The van der Waals surface area contributed by atoms with Gasteiger partial charge >= 0.3 is 5.97 Å². The van der Waals surface area contributed by atoms with Crippen molar-refractivity contribution in [1.82, 2.24) is 0 Å². The van der Waals surface area contributed by atoms with Gasteiger partial charge in [0.2, 0.25) is 0 Å². The number of rotatable bonds is 1. The summed E-state index contributed by atoms with van der Waals surface area (Å²) < 4.78 is 5.12. The molecule has 0 saturated heterocycles. The molecule has 0 aromatic heterocycles. The summed E-state index contributed by atoms with van der Waals surface area (Å²) >= 11 is 0. The lowest BCUT2D eigenvalue weighted by atomic mass is 9.98. The van der Waals surface area contributed by atoms with Crippen molar-refractivity contribution >= 4 is 5.97 Å². The predicted molar refractivity (Wildman–Crippen MR) is 42.4 cm³/mol. The number of carbonyl (C=O) groups excluding carboxylic acids is 1. The van der Waals surface area contributed by atoms with Crippen molar-refractivity contribution in [2.45, 2.75) is 38.4 Å². The van der Waals surface area contributed by atoms with Crippen LogP contribution in [0, 0.1) is 11.8 Å². The molecule has 3 nitrogen and oxygen atoms in total. The van der Waals surface area contributed by atoms with Crippen molar-refractivity contribution < 1.29 is 14.6 Å². The molecule has 12 heavy (non-hydrogen) atoms. The molecule has 4 atom stereocenters. The fourth-order valence-corrected chi connectivity index (χ4v) is 2.58. The molecule has 0 radical (unpaired) electrons. The predicted octanol–water partition coefficient (Wildman–Crippen LogP) is 0.709. The molecule has 1 N–H and O–H groups in total. The monoisotopic (exact) mass is 170 g/mol. The van der Waals surface area contributed by atoms with Crippen LogP contribution >= 0.6 is 0 Å². The second-order valence-electron chi connectivity index (χ2n) is 3.88. The Morgan fingerprint density at radius 3 is 2.67 bits per heavy atom. The van der Waals surface area contributed by atoms with Gasteiger partial charge in [-0.2, -0.15) is 0 Å². The van der Waals surface area contributed by atoms with Gasteiger partial charge in [0.15, 0.2) is 0 Å². The molecule has 0 aromatic rings. The van der Waals surface area contributed by atoms with E-state index in [4.69, 9.17) is 4.74 Å². The van der Waals surface area contributed by atoms with Gasteiger partial charge in [-0.15, -0.1) is 0 Å². The van der Waals surface area contributed by atoms with E-state index in [-0.39, 0.29) is 24.1 Å². The first-order valence-corrected chi connectivity index (χ1v) is 4.54. The maximum absolute atomic E-state index is 10.7. The lowest BCUT2D eigenvalue weighted by Gasteiger charge is -2.20. The Morgan fingerprint density at radius 1 is 1.50 bits per heavy atom. The minimum Gasteiger partial charge on any atom is -0.462 e. The minimum atomic E-state index is -0.222. The first kappa shape index (κ1) is 8.05. The Morgan fingerprint density at radius 2 is 2.25 bits per heavy atom. The maximum atomic E-state index is 10.7. The number of esters is 1. The number of ether oxygens (including phenoxy) is 1. The zero-order valence-electron chi connectivity index (χ0n) is 7.19. The van der Waals surface area contributed by atoms with Crippen LogP contribution in [-0.2, 0) is 9.53 Å². The van der Waals surface area contributed by atoms with E-state index in [1.807, 2.05) is 0 Å². The number of hydrogen-bond acceptors (Lipinski definition) is 3. The van der Waals surface area contributed by atoms with Crippen LogP contribution < -0.4 is 0 Å². The SMILES string of the molecule is CC(=O)O[C@@H]1C[C@H]2CC[C@@H]1[C@H]2O. The van der Waals surface area contributed by atoms with Crippen molar-refractivity contribution in [2.75, 3.05) is 0 Å². The second kappa shape index (κ2) is 2.73. The van der Waals surface area contributed by atoms with E-state index in [1.54, 1.807) is 0 Å². The summed E-state index contributed by atoms with van der Waals surface area (Å²) in [5, 5.41) is 9.62. The number of hydrogen-bond donors (Lipinski definition) is 1. The van der Waals surface area contributed by atoms with Gasteiger partial charge in [-0.1, -0.05) is 0 Å². The molecular weight excluding hydrogens is 156 g/mol. The van der Waals surface area contributed by atoms with Crippen LogP contribution in [0.1, 0.15) is 26.2 Å². The Bertz CT molecular complexity index is 202. The lowest BCUT2D eigenvalue weighted by Crippen LogP contribution is -2.25. The first-order chi connectivity index (χ1) is 5.68. The molecule has 0 aromatic carbocycles. The van der Waals surface area contributed by atoms with E-state index in [2.05, 4.69) is 0 Å². The van der Waals surface area contributed by atoms with E-state index in [1.165, 1.54) is 6.92 Å². The quantitative estimate of drug-likeness (QED) is 0.589. The summed E-state index contributed by atoms with van der Waals surface area (Å²) in [7, 11) is 0. The maximum Gasteiger partial charge on any atom is 0.302 e. The molecule has 2 bridgehead atoms. The summed E-state index contributed by atoms with van der Waals surface area (Å²) in [6.07, 6.45) is 2.77. The molecule has 0 amide bonds. The average Bonchev–Trinajstić information content (AvgIpc) is 2.44. The van der Waals surface area contributed by atoms with Crippen molar-refractivity contribution in [1.29, 1.82) is 0 Å². The molecule has 2 saturated carbocycles. The summed E-state index contributed by atoms with van der Waals surface area (Å²) in [6, 6.07) is 0. The highest BCUT2D eigenvalue weighted by Gasteiger charge is 2.48. The van der Waals surface area contributed by atoms with Gasteiger partial charge in [0, 0.05) is 12.8 Å². The van der Waals surface area contributed by atoms with Gasteiger partial charge in [0.25, 0.3) is 0 Å². The van der Waals surface area contributed by atoms with E-state index >= 15 is 0 Å². The van der Waals surface area contributed by atoms with Crippen LogP contribution in [0.3, 0.4) is 0 Å². The molecule has 0 spiro atoms. The number of aliphatic hydroxyl groups is 1.